The Kier molecular flexibility index (Phi) is 2.06. The smallest absolute Gasteiger partial charge is 0.237 e. The maximum atomic E-state index is 11.2. The Morgan fingerprint density at radius 1 is 1.54 bits per heavy atom. The molecule has 74 valence electrons. The highest BCUT2D eigenvalue weighted by Gasteiger charge is 2.47. The molecule has 2 aliphatic carbocycles. The van der Waals surface area contributed by atoms with E-state index in [2.05, 4.69) is 12.2 Å². The number of carbonyl (C=O) groups is 1. The molecule has 2 rings (SSSR count). The Labute approximate surface area is 79.1 Å². The van der Waals surface area contributed by atoms with Crippen LogP contribution in [0.4, 0.5) is 0 Å². The van der Waals surface area contributed by atoms with Crippen LogP contribution >= 0.6 is 0 Å². The van der Waals surface area contributed by atoms with Gasteiger partial charge in [0.25, 0.3) is 0 Å². The molecule has 13 heavy (non-hydrogen) atoms. The van der Waals surface area contributed by atoms with E-state index >= 15 is 0 Å². The molecule has 2 fully saturated rings. The minimum Gasteiger partial charge on any atom is -0.368 e. The molecule has 0 aromatic heterocycles. The molecule has 0 radical (unpaired) electrons. The maximum absolute atomic E-state index is 11.2. The molecule has 0 atom stereocenters. The minimum atomic E-state index is -0.345. The van der Waals surface area contributed by atoms with Crippen molar-refractivity contribution >= 4 is 5.91 Å². The predicted molar refractivity (Wildman–Crippen MR) is 51.1 cm³/mol. The first-order valence-corrected chi connectivity index (χ1v) is 5.17. The van der Waals surface area contributed by atoms with Gasteiger partial charge in [0.05, 0.1) is 5.54 Å². The molecule has 3 heteroatoms. The fraction of sp³-hybridized carbons (Fsp3) is 0.900. The van der Waals surface area contributed by atoms with Crippen molar-refractivity contribution in [3.05, 3.63) is 0 Å². The molecule has 0 bridgehead atoms. The van der Waals surface area contributed by atoms with Crippen LogP contribution < -0.4 is 11.1 Å². The lowest BCUT2D eigenvalue weighted by Crippen LogP contribution is -2.63. The standard InChI is InChI=1S/C10H18N2O/c1-7-4-10(5-7,9(11)13)12-6-8-2-3-8/h7-8,12H,2-6H2,1H3,(H2,11,13). The second-order valence-electron chi connectivity index (χ2n) is 4.78. The molecule has 0 saturated heterocycles. The first kappa shape index (κ1) is 9.00. The largest absolute Gasteiger partial charge is 0.368 e. The minimum absolute atomic E-state index is 0.161. The average molecular weight is 182 g/mol. The molecule has 0 aliphatic heterocycles. The SMILES string of the molecule is CC1CC(NCC2CC2)(C(N)=O)C1. The average Bonchev–Trinajstić information content (AvgIpc) is 2.78. The summed E-state index contributed by atoms with van der Waals surface area (Å²) in [5.41, 5.74) is 5.05. The highest BCUT2D eigenvalue weighted by Crippen LogP contribution is 2.38. The Morgan fingerprint density at radius 2 is 2.15 bits per heavy atom. The van der Waals surface area contributed by atoms with E-state index in [0.29, 0.717) is 5.92 Å². The van der Waals surface area contributed by atoms with E-state index < -0.39 is 0 Å². The molecule has 2 aliphatic rings. The summed E-state index contributed by atoms with van der Waals surface area (Å²) in [6, 6.07) is 0. The number of rotatable bonds is 4. The van der Waals surface area contributed by atoms with Gasteiger partial charge in [-0.15, -0.1) is 0 Å². The summed E-state index contributed by atoms with van der Waals surface area (Å²) in [6.07, 6.45) is 4.49. The molecule has 2 saturated carbocycles. The Balaban J connectivity index is 1.86. The molecule has 0 unspecified atom stereocenters. The quantitative estimate of drug-likeness (QED) is 0.670. The molecular formula is C10H18N2O. The number of nitrogens with one attached hydrogen (secondary N) is 1. The lowest BCUT2D eigenvalue weighted by molar-refractivity contribution is -0.129. The van der Waals surface area contributed by atoms with Crippen molar-refractivity contribution in [1.82, 2.24) is 5.32 Å². The van der Waals surface area contributed by atoms with Crippen LogP contribution in [0.1, 0.15) is 32.6 Å². The molecule has 0 aromatic rings. The molecule has 3 N–H and O–H groups in total. The van der Waals surface area contributed by atoms with Gasteiger partial charge in [0.15, 0.2) is 0 Å². The maximum Gasteiger partial charge on any atom is 0.237 e. The van der Waals surface area contributed by atoms with Gasteiger partial charge < -0.3 is 11.1 Å². The van der Waals surface area contributed by atoms with Crippen molar-refractivity contribution < 1.29 is 4.79 Å². The highest BCUT2D eigenvalue weighted by molar-refractivity contribution is 5.85. The summed E-state index contributed by atoms with van der Waals surface area (Å²) in [6.45, 7) is 3.15. The normalized spacial score (nSPS) is 38.4. The van der Waals surface area contributed by atoms with Gasteiger partial charge in [0, 0.05) is 0 Å². The fourth-order valence-electron chi connectivity index (χ4n) is 2.22. The summed E-state index contributed by atoms with van der Waals surface area (Å²) in [5, 5.41) is 3.35. The summed E-state index contributed by atoms with van der Waals surface area (Å²) < 4.78 is 0. The van der Waals surface area contributed by atoms with Gasteiger partial charge in [-0.1, -0.05) is 6.92 Å². The van der Waals surface area contributed by atoms with Crippen molar-refractivity contribution in [1.29, 1.82) is 0 Å². The van der Waals surface area contributed by atoms with E-state index in [1.165, 1.54) is 12.8 Å². The number of carbonyl (C=O) groups excluding carboxylic acids is 1. The van der Waals surface area contributed by atoms with E-state index in [1.807, 2.05) is 0 Å². The number of amides is 1. The number of nitrogens with two attached hydrogens (primary N) is 1. The molecule has 1 amide bonds. The lowest BCUT2D eigenvalue weighted by atomic mass is 9.68. The van der Waals surface area contributed by atoms with Crippen LogP contribution in [0.25, 0.3) is 0 Å². The lowest BCUT2D eigenvalue weighted by Gasteiger charge is -2.44. The zero-order valence-corrected chi connectivity index (χ0v) is 8.18. The van der Waals surface area contributed by atoms with Crippen molar-refractivity contribution in [2.24, 2.45) is 17.6 Å². The zero-order valence-electron chi connectivity index (χ0n) is 8.18. The van der Waals surface area contributed by atoms with Crippen LogP contribution in [-0.4, -0.2) is 18.0 Å². The molecule has 0 spiro atoms. The van der Waals surface area contributed by atoms with Crippen LogP contribution in [0.15, 0.2) is 0 Å². The van der Waals surface area contributed by atoms with E-state index in [4.69, 9.17) is 5.73 Å². The second-order valence-corrected chi connectivity index (χ2v) is 4.78. The van der Waals surface area contributed by atoms with Gasteiger partial charge in [0.1, 0.15) is 0 Å². The van der Waals surface area contributed by atoms with Crippen molar-refractivity contribution in [3.8, 4) is 0 Å². The van der Waals surface area contributed by atoms with Gasteiger partial charge >= 0.3 is 0 Å². The third kappa shape index (κ3) is 1.70. The molecule has 0 aromatic carbocycles. The van der Waals surface area contributed by atoms with Gasteiger partial charge in [-0.3, -0.25) is 4.79 Å². The van der Waals surface area contributed by atoms with Gasteiger partial charge in [-0.05, 0) is 44.1 Å². The second kappa shape index (κ2) is 2.98. The highest BCUT2D eigenvalue weighted by atomic mass is 16.1. The van der Waals surface area contributed by atoms with Crippen LogP contribution in [0, 0.1) is 11.8 Å². The summed E-state index contributed by atoms with van der Waals surface area (Å²) in [7, 11) is 0. The Hall–Kier alpha value is -0.570. The van der Waals surface area contributed by atoms with E-state index in [0.717, 1.165) is 25.3 Å². The first-order chi connectivity index (χ1) is 6.12. The Bertz CT molecular complexity index is 217. The van der Waals surface area contributed by atoms with Gasteiger partial charge in [-0.25, -0.2) is 0 Å². The van der Waals surface area contributed by atoms with Crippen LogP contribution in [-0.2, 0) is 4.79 Å². The van der Waals surface area contributed by atoms with Crippen LogP contribution in [0.2, 0.25) is 0 Å². The number of hydrogen-bond acceptors (Lipinski definition) is 2. The topological polar surface area (TPSA) is 55.1 Å². The first-order valence-electron chi connectivity index (χ1n) is 5.17. The summed E-state index contributed by atoms with van der Waals surface area (Å²) >= 11 is 0. The third-order valence-corrected chi connectivity index (χ3v) is 3.29. The summed E-state index contributed by atoms with van der Waals surface area (Å²) in [5.74, 6) is 1.30. The van der Waals surface area contributed by atoms with Gasteiger partial charge in [0.2, 0.25) is 5.91 Å². The fourth-order valence-corrected chi connectivity index (χ4v) is 2.22. The monoisotopic (exact) mass is 182 g/mol. The van der Waals surface area contributed by atoms with E-state index in [1.54, 1.807) is 0 Å². The molecule has 0 heterocycles. The van der Waals surface area contributed by atoms with E-state index in [9.17, 15) is 4.79 Å². The van der Waals surface area contributed by atoms with Gasteiger partial charge in [-0.2, -0.15) is 0 Å². The Morgan fingerprint density at radius 3 is 2.54 bits per heavy atom. The van der Waals surface area contributed by atoms with Crippen molar-refractivity contribution in [3.63, 3.8) is 0 Å². The zero-order chi connectivity index (χ0) is 9.47. The summed E-state index contributed by atoms with van der Waals surface area (Å²) in [4.78, 5) is 11.2. The molecule has 3 nitrogen and oxygen atoms in total. The molecular weight excluding hydrogens is 164 g/mol. The van der Waals surface area contributed by atoms with Crippen LogP contribution in [0.5, 0.6) is 0 Å². The predicted octanol–water partition coefficient (Wildman–Crippen LogP) is 0.640. The third-order valence-electron chi connectivity index (χ3n) is 3.29. The van der Waals surface area contributed by atoms with E-state index in [-0.39, 0.29) is 11.4 Å². The van der Waals surface area contributed by atoms with Crippen molar-refractivity contribution in [2.75, 3.05) is 6.54 Å². The van der Waals surface area contributed by atoms with Crippen molar-refractivity contribution in [2.45, 2.75) is 38.1 Å². The number of hydrogen-bond donors (Lipinski definition) is 2. The van der Waals surface area contributed by atoms with Crippen LogP contribution in [0.3, 0.4) is 0 Å². The number of primary amides is 1.